The Balaban J connectivity index is 2.12. The molecule has 0 atom stereocenters. The van der Waals surface area contributed by atoms with Crippen LogP contribution in [-0.2, 0) is 4.79 Å². The molecule has 90 valence electrons. The van der Waals surface area contributed by atoms with Crippen molar-refractivity contribution in [2.24, 2.45) is 5.92 Å². The first-order valence-electron chi connectivity index (χ1n) is 5.67. The number of carboxylic acid groups (broad SMARTS) is 1. The Morgan fingerprint density at radius 3 is 2.71 bits per heavy atom. The van der Waals surface area contributed by atoms with Gasteiger partial charge < -0.3 is 10.4 Å². The SMILES string of the molecule is O=C(O)c1cccnc1NC(=O)C1CCCC1. The number of carbonyl (C=O) groups excluding carboxylic acids is 1. The number of anilines is 1. The molecule has 1 saturated carbocycles. The molecule has 2 rings (SSSR count). The van der Waals surface area contributed by atoms with E-state index in [4.69, 9.17) is 5.11 Å². The predicted molar refractivity (Wildman–Crippen MR) is 61.8 cm³/mol. The van der Waals surface area contributed by atoms with Crippen molar-refractivity contribution in [1.29, 1.82) is 0 Å². The molecule has 1 aliphatic rings. The van der Waals surface area contributed by atoms with E-state index in [0.29, 0.717) is 0 Å². The van der Waals surface area contributed by atoms with Crippen molar-refractivity contribution in [2.45, 2.75) is 25.7 Å². The molecule has 1 fully saturated rings. The van der Waals surface area contributed by atoms with Crippen molar-refractivity contribution in [2.75, 3.05) is 5.32 Å². The van der Waals surface area contributed by atoms with Crippen LogP contribution < -0.4 is 5.32 Å². The number of rotatable bonds is 3. The first-order valence-corrected chi connectivity index (χ1v) is 5.67. The largest absolute Gasteiger partial charge is 0.478 e. The van der Waals surface area contributed by atoms with Crippen molar-refractivity contribution in [1.82, 2.24) is 4.98 Å². The average molecular weight is 234 g/mol. The number of carbonyl (C=O) groups is 2. The van der Waals surface area contributed by atoms with Gasteiger partial charge in [0.2, 0.25) is 5.91 Å². The maximum atomic E-state index is 11.8. The molecule has 17 heavy (non-hydrogen) atoms. The number of hydrogen-bond donors (Lipinski definition) is 2. The highest BCUT2D eigenvalue weighted by Crippen LogP contribution is 2.26. The van der Waals surface area contributed by atoms with Crippen LogP contribution in [0.1, 0.15) is 36.0 Å². The lowest BCUT2D eigenvalue weighted by Crippen LogP contribution is -2.22. The Labute approximate surface area is 98.9 Å². The summed E-state index contributed by atoms with van der Waals surface area (Å²) in [6, 6.07) is 2.97. The summed E-state index contributed by atoms with van der Waals surface area (Å²) in [6.45, 7) is 0. The minimum Gasteiger partial charge on any atom is -0.478 e. The Morgan fingerprint density at radius 1 is 1.35 bits per heavy atom. The molecule has 0 unspecified atom stereocenters. The van der Waals surface area contributed by atoms with Gasteiger partial charge in [-0.2, -0.15) is 0 Å². The lowest BCUT2D eigenvalue weighted by molar-refractivity contribution is -0.119. The van der Waals surface area contributed by atoms with Crippen LogP contribution in [0.5, 0.6) is 0 Å². The average Bonchev–Trinajstić information content (AvgIpc) is 2.83. The highest BCUT2D eigenvalue weighted by Gasteiger charge is 2.24. The molecular weight excluding hydrogens is 220 g/mol. The summed E-state index contributed by atoms with van der Waals surface area (Å²) in [5.41, 5.74) is 0.0267. The second-order valence-electron chi connectivity index (χ2n) is 4.18. The van der Waals surface area contributed by atoms with Gasteiger partial charge in [0.25, 0.3) is 0 Å². The number of pyridine rings is 1. The number of aromatic nitrogens is 1. The van der Waals surface area contributed by atoms with E-state index in [-0.39, 0.29) is 23.2 Å². The smallest absolute Gasteiger partial charge is 0.339 e. The highest BCUT2D eigenvalue weighted by atomic mass is 16.4. The summed E-state index contributed by atoms with van der Waals surface area (Å²) >= 11 is 0. The van der Waals surface area contributed by atoms with Gasteiger partial charge in [0.1, 0.15) is 11.4 Å². The van der Waals surface area contributed by atoms with Crippen molar-refractivity contribution >= 4 is 17.7 Å². The molecule has 5 nitrogen and oxygen atoms in total. The van der Waals surface area contributed by atoms with E-state index in [2.05, 4.69) is 10.3 Å². The van der Waals surface area contributed by atoms with E-state index >= 15 is 0 Å². The van der Waals surface area contributed by atoms with Crippen LogP contribution in [0.2, 0.25) is 0 Å². The fourth-order valence-electron chi connectivity index (χ4n) is 2.08. The van der Waals surface area contributed by atoms with E-state index in [0.717, 1.165) is 25.7 Å². The van der Waals surface area contributed by atoms with E-state index in [1.807, 2.05) is 0 Å². The topological polar surface area (TPSA) is 79.3 Å². The molecule has 0 saturated heterocycles. The molecular formula is C12H14N2O3. The zero-order valence-electron chi connectivity index (χ0n) is 9.35. The molecule has 0 aromatic carbocycles. The first-order chi connectivity index (χ1) is 8.18. The normalized spacial score (nSPS) is 15.8. The summed E-state index contributed by atoms with van der Waals surface area (Å²) in [5.74, 6) is -1.07. The van der Waals surface area contributed by atoms with Gasteiger partial charge in [-0.3, -0.25) is 4.79 Å². The lowest BCUT2D eigenvalue weighted by atomic mass is 10.1. The summed E-state index contributed by atoms with van der Waals surface area (Å²) in [5, 5.41) is 11.6. The van der Waals surface area contributed by atoms with E-state index in [9.17, 15) is 9.59 Å². The molecule has 1 aromatic rings. The Kier molecular flexibility index (Phi) is 3.37. The summed E-state index contributed by atoms with van der Waals surface area (Å²) in [4.78, 5) is 26.7. The number of carboxylic acids is 1. The predicted octanol–water partition coefficient (Wildman–Crippen LogP) is 1.91. The molecule has 0 spiro atoms. The second kappa shape index (κ2) is 4.95. The molecule has 0 aliphatic heterocycles. The van der Waals surface area contributed by atoms with Gasteiger partial charge in [-0.05, 0) is 25.0 Å². The molecule has 1 amide bonds. The standard InChI is InChI=1S/C12H14N2O3/c15-11(8-4-1-2-5-8)14-10-9(12(16)17)6-3-7-13-10/h3,6-8H,1-2,4-5H2,(H,16,17)(H,13,14,15). The Bertz CT molecular complexity index is 439. The van der Waals surface area contributed by atoms with Crippen LogP contribution in [-0.4, -0.2) is 22.0 Å². The third kappa shape index (κ3) is 2.61. The van der Waals surface area contributed by atoms with Crippen LogP contribution in [0, 0.1) is 5.92 Å². The van der Waals surface area contributed by atoms with Crippen LogP contribution in [0.15, 0.2) is 18.3 Å². The van der Waals surface area contributed by atoms with Gasteiger partial charge in [-0.1, -0.05) is 12.8 Å². The first kappa shape index (κ1) is 11.6. The second-order valence-corrected chi connectivity index (χ2v) is 4.18. The summed E-state index contributed by atoms with van der Waals surface area (Å²) in [7, 11) is 0. The van der Waals surface area contributed by atoms with Gasteiger partial charge in [0.05, 0.1) is 0 Å². The Hall–Kier alpha value is -1.91. The van der Waals surface area contributed by atoms with Crippen LogP contribution >= 0.6 is 0 Å². The molecule has 5 heteroatoms. The van der Waals surface area contributed by atoms with Crippen molar-refractivity contribution < 1.29 is 14.7 Å². The monoisotopic (exact) mass is 234 g/mol. The molecule has 0 radical (unpaired) electrons. The van der Waals surface area contributed by atoms with E-state index in [1.165, 1.54) is 18.3 Å². The summed E-state index contributed by atoms with van der Waals surface area (Å²) in [6.07, 6.45) is 5.34. The fraction of sp³-hybridized carbons (Fsp3) is 0.417. The Morgan fingerprint density at radius 2 is 2.06 bits per heavy atom. The zero-order chi connectivity index (χ0) is 12.3. The van der Waals surface area contributed by atoms with Crippen molar-refractivity contribution in [3.63, 3.8) is 0 Å². The molecule has 1 aliphatic carbocycles. The number of amides is 1. The minimum absolute atomic E-state index is 0.00125. The third-order valence-electron chi connectivity index (χ3n) is 3.01. The maximum Gasteiger partial charge on any atom is 0.339 e. The molecule has 1 aromatic heterocycles. The van der Waals surface area contributed by atoms with Crippen LogP contribution in [0.3, 0.4) is 0 Å². The fourth-order valence-corrected chi connectivity index (χ4v) is 2.08. The molecule has 0 bridgehead atoms. The van der Waals surface area contributed by atoms with Gasteiger partial charge in [-0.15, -0.1) is 0 Å². The van der Waals surface area contributed by atoms with E-state index in [1.54, 1.807) is 0 Å². The lowest BCUT2D eigenvalue weighted by Gasteiger charge is -2.10. The van der Waals surface area contributed by atoms with Crippen molar-refractivity contribution in [3.8, 4) is 0 Å². The third-order valence-corrected chi connectivity index (χ3v) is 3.01. The number of hydrogen-bond acceptors (Lipinski definition) is 3. The summed E-state index contributed by atoms with van der Waals surface area (Å²) < 4.78 is 0. The molecule has 2 N–H and O–H groups in total. The highest BCUT2D eigenvalue weighted by molar-refractivity contribution is 5.99. The van der Waals surface area contributed by atoms with Gasteiger partial charge in [-0.25, -0.2) is 9.78 Å². The van der Waals surface area contributed by atoms with Crippen LogP contribution in [0.4, 0.5) is 5.82 Å². The number of nitrogens with zero attached hydrogens (tertiary/aromatic N) is 1. The minimum atomic E-state index is -1.08. The maximum absolute atomic E-state index is 11.8. The van der Waals surface area contributed by atoms with Gasteiger partial charge >= 0.3 is 5.97 Å². The number of nitrogens with one attached hydrogen (secondary N) is 1. The van der Waals surface area contributed by atoms with Crippen LogP contribution in [0.25, 0.3) is 0 Å². The van der Waals surface area contributed by atoms with E-state index < -0.39 is 5.97 Å². The van der Waals surface area contributed by atoms with Crippen molar-refractivity contribution in [3.05, 3.63) is 23.9 Å². The quantitative estimate of drug-likeness (QED) is 0.837. The van der Waals surface area contributed by atoms with Gasteiger partial charge in [0.15, 0.2) is 0 Å². The number of aromatic carboxylic acids is 1. The zero-order valence-corrected chi connectivity index (χ0v) is 9.35. The van der Waals surface area contributed by atoms with Gasteiger partial charge in [0, 0.05) is 12.1 Å². The molecule has 1 heterocycles.